The Hall–Kier alpha value is -0.260. The molecule has 16 heavy (non-hydrogen) atoms. The highest BCUT2D eigenvalue weighted by Gasteiger charge is 2.18. The Bertz CT molecular complexity index is 188. The minimum absolute atomic E-state index is 0.180. The van der Waals surface area contributed by atoms with Gasteiger partial charge in [-0.05, 0) is 12.2 Å². The largest absolute Gasteiger partial charge is 0.468 e. The summed E-state index contributed by atoms with van der Waals surface area (Å²) in [6.45, 7) is 4.80. The van der Waals surface area contributed by atoms with Crippen molar-refractivity contribution in [3.63, 3.8) is 0 Å². The maximum atomic E-state index is 11.4. The zero-order valence-corrected chi connectivity index (χ0v) is 11.4. The molecule has 5 heteroatoms. The van der Waals surface area contributed by atoms with Crippen molar-refractivity contribution in [2.45, 2.75) is 32.4 Å². The van der Waals surface area contributed by atoms with E-state index in [1.165, 1.54) is 7.11 Å². The first-order chi connectivity index (χ1) is 7.61. The maximum absolute atomic E-state index is 11.4. The summed E-state index contributed by atoms with van der Waals surface area (Å²) in [5.74, 6) is 1.72. The van der Waals surface area contributed by atoms with Crippen LogP contribution in [0.15, 0.2) is 0 Å². The van der Waals surface area contributed by atoms with E-state index >= 15 is 0 Å². The number of carbonyl (C=O) groups excluding carboxylic acids is 1. The van der Waals surface area contributed by atoms with Crippen molar-refractivity contribution in [3.05, 3.63) is 0 Å². The normalized spacial score (nSPS) is 12.8. The van der Waals surface area contributed by atoms with E-state index in [0.717, 1.165) is 24.5 Å². The molecule has 0 aliphatic carbocycles. The van der Waals surface area contributed by atoms with Gasteiger partial charge in [0.1, 0.15) is 6.04 Å². The number of nitrogens with one attached hydrogen (secondary N) is 1. The molecule has 1 unspecified atom stereocenters. The number of hydrogen-bond acceptors (Lipinski definition) is 5. The minimum Gasteiger partial charge on any atom is -0.468 e. The summed E-state index contributed by atoms with van der Waals surface area (Å²) in [5, 5.41) is 3.20. The lowest BCUT2D eigenvalue weighted by molar-refractivity contribution is -0.143. The number of carbonyl (C=O) groups is 1. The van der Waals surface area contributed by atoms with Crippen LogP contribution in [0.4, 0.5) is 0 Å². The van der Waals surface area contributed by atoms with E-state index < -0.39 is 0 Å². The lowest BCUT2D eigenvalue weighted by Crippen LogP contribution is -2.41. The number of thioether (sulfide) groups is 1. The lowest BCUT2D eigenvalue weighted by atomic mass is 10.2. The molecule has 0 fully saturated rings. The first-order valence-electron chi connectivity index (χ1n) is 5.52. The number of rotatable bonds is 9. The van der Waals surface area contributed by atoms with Crippen LogP contribution >= 0.6 is 11.8 Å². The first-order valence-corrected chi connectivity index (χ1v) is 6.67. The summed E-state index contributed by atoms with van der Waals surface area (Å²) in [4.78, 5) is 11.4. The zero-order chi connectivity index (χ0) is 12.4. The predicted molar refractivity (Wildman–Crippen MR) is 67.9 cm³/mol. The number of ether oxygens (including phenoxy) is 2. The van der Waals surface area contributed by atoms with Crippen LogP contribution in [0.25, 0.3) is 0 Å². The van der Waals surface area contributed by atoms with Crippen LogP contribution in [0.1, 0.15) is 20.3 Å². The number of esters is 1. The minimum atomic E-state index is -0.194. The fourth-order valence-electron chi connectivity index (χ4n) is 1.26. The topological polar surface area (TPSA) is 47.6 Å². The number of hydrogen-bond donors (Lipinski definition) is 1. The SMILES string of the molecule is COCCSCCC(NC(C)C)C(=O)OC. The van der Waals surface area contributed by atoms with Gasteiger partial charge in [0, 0.05) is 18.9 Å². The average Bonchev–Trinajstić information content (AvgIpc) is 2.25. The van der Waals surface area contributed by atoms with Crippen molar-refractivity contribution in [1.82, 2.24) is 5.32 Å². The third kappa shape index (κ3) is 7.96. The maximum Gasteiger partial charge on any atom is 0.322 e. The molecule has 0 aromatic carbocycles. The Labute approximate surface area is 102 Å². The average molecular weight is 249 g/mol. The highest BCUT2D eigenvalue weighted by atomic mass is 32.2. The van der Waals surface area contributed by atoms with Crippen molar-refractivity contribution >= 4 is 17.7 Å². The molecule has 0 heterocycles. The predicted octanol–water partition coefficient (Wildman–Crippen LogP) is 1.30. The van der Waals surface area contributed by atoms with E-state index in [0.29, 0.717) is 0 Å². The molecule has 0 saturated heterocycles. The molecule has 0 aliphatic rings. The van der Waals surface area contributed by atoms with Crippen molar-refractivity contribution in [1.29, 1.82) is 0 Å². The van der Waals surface area contributed by atoms with E-state index in [9.17, 15) is 4.79 Å². The van der Waals surface area contributed by atoms with Gasteiger partial charge in [-0.3, -0.25) is 4.79 Å². The first kappa shape index (κ1) is 15.7. The van der Waals surface area contributed by atoms with Crippen molar-refractivity contribution in [2.75, 3.05) is 32.3 Å². The van der Waals surface area contributed by atoms with Gasteiger partial charge in [-0.1, -0.05) is 13.8 Å². The highest BCUT2D eigenvalue weighted by molar-refractivity contribution is 7.99. The van der Waals surface area contributed by atoms with E-state index in [1.807, 2.05) is 13.8 Å². The lowest BCUT2D eigenvalue weighted by Gasteiger charge is -2.18. The Morgan fingerprint density at radius 2 is 2.00 bits per heavy atom. The molecule has 0 aromatic rings. The zero-order valence-electron chi connectivity index (χ0n) is 10.6. The van der Waals surface area contributed by atoms with Gasteiger partial charge in [-0.25, -0.2) is 0 Å². The fourth-order valence-corrected chi connectivity index (χ4v) is 2.15. The molecule has 0 radical (unpaired) electrons. The summed E-state index contributed by atoms with van der Waals surface area (Å²) in [7, 11) is 3.12. The second-order valence-corrected chi connectivity index (χ2v) is 5.02. The summed E-state index contributed by atoms with van der Waals surface area (Å²) >= 11 is 1.79. The van der Waals surface area contributed by atoms with Crippen LogP contribution in [0.5, 0.6) is 0 Å². The number of methoxy groups -OCH3 is 2. The van der Waals surface area contributed by atoms with Gasteiger partial charge >= 0.3 is 5.97 Å². The van der Waals surface area contributed by atoms with E-state index in [1.54, 1.807) is 18.9 Å². The molecule has 0 spiro atoms. The Morgan fingerprint density at radius 1 is 1.31 bits per heavy atom. The Kier molecular flexibility index (Phi) is 9.77. The van der Waals surface area contributed by atoms with Gasteiger partial charge < -0.3 is 14.8 Å². The van der Waals surface area contributed by atoms with Gasteiger partial charge in [0.15, 0.2) is 0 Å². The van der Waals surface area contributed by atoms with Crippen LogP contribution in [0.3, 0.4) is 0 Å². The summed E-state index contributed by atoms with van der Waals surface area (Å²) < 4.78 is 9.71. The molecule has 0 saturated carbocycles. The third-order valence-corrected chi connectivity index (χ3v) is 2.98. The molecular formula is C11H23NO3S. The Balaban J connectivity index is 3.79. The highest BCUT2D eigenvalue weighted by Crippen LogP contribution is 2.06. The molecule has 0 aliphatic heterocycles. The molecule has 0 rings (SSSR count). The smallest absolute Gasteiger partial charge is 0.322 e. The van der Waals surface area contributed by atoms with Gasteiger partial charge in [0.05, 0.1) is 13.7 Å². The van der Waals surface area contributed by atoms with E-state index in [2.05, 4.69) is 5.32 Å². The molecule has 0 amide bonds. The van der Waals surface area contributed by atoms with Crippen LogP contribution in [0.2, 0.25) is 0 Å². The van der Waals surface area contributed by atoms with Crippen LogP contribution in [0, 0.1) is 0 Å². The summed E-state index contributed by atoms with van der Waals surface area (Å²) in [5.41, 5.74) is 0. The molecule has 0 aromatic heterocycles. The fraction of sp³-hybridized carbons (Fsp3) is 0.909. The molecule has 1 atom stereocenters. The standard InChI is InChI=1S/C11H23NO3S/c1-9(2)12-10(11(13)15-4)5-7-16-8-6-14-3/h9-10,12H,5-8H2,1-4H3. The van der Waals surface area contributed by atoms with E-state index in [4.69, 9.17) is 9.47 Å². The van der Waals surface area contributed by atoms with Crippen molar-refractivity contribution < 1.29 is 14.3 Å². The molecular weight excluding hydrogens is 226 g/mol. The third-order valence-electron chi connectivity index (χ3n) is 2.00. The Morgan fingerprint density at radius 3 is 2.50 bits per heavy atom. The second kappa shape index (κ2) is 9.93. The van der Waals surface area contributed by atoms with Gasteiger partial charge in [-0.2, -0.15) is 11.8 Å². The quantitative estimate of drug-likeness (QED) is 0.493. The van der Waals surface area contributed by atoms with Gasteiger partial charge in [0.25, 0.3) is 0 Å². The summed E-state index contributed by atoms with van der Waals surface area (Å²) in [6, 6.07) is 0.0909. The van der Waals surface area contributed by atoms with Crippen molar-refractivity contribution in [2.24, 2.45) is 0 Å². The second-order valence-electron chi connectivity index (χ2n) is 3.79. The van der Waals surface area contributed by atoms with Crippen LogP contribution in [-0.4, -0.2) is 50.4 Å². The summed E-state index contributed by atoms with van der Waals surface area (Å²) in [6.07, 6.45) is 0.791. The monoisotopic (exact) mass is 249 g/mol. The molecule has 0 bridgehead atoms. The van der Waals surface area contributed by atoms with Crippen LogP contribution < -0.4 is 5.32 Å². The van der Waals surface area contributed by atoms with Gasteiger partial charge in [0.2, 0.25) is 0 Å². The van der Waals surface area contributed by atoms with Crippen molar-refractivity contribution in [3.8, 4) is 0 Å². The molecule has 1 N–H and O–H groups in total. The molecule has 96 valence electrons. The van der Waals surface area contributed by atoms with Gasteiger partial charge in [-0.15, -0.1) is 0 Å². The van der Waals surface area contributed by atoms with Crippen LogP contribution in [-0.2, 0) is 14.3 Å². The molecule has 4 nitrogen and oxygen atoms in total. The van der Waals surface area contributed by atoms with E-state index in [-0.39, 0.29) is 18.1 Å².